The van der Waals surface area contributed by atoms with Crippen LogP contribution in [0.4, 0.5) is 11.8 Å². The number of hydrogen-bond donors (Lipinski definition) is 3. The van der Waals surface area contributed by atoms with E-state index >= 15 is 0 Å². The maximum Gasteiger partial charge on any atom is 0.225 e. The van der Waals surface area contributed by atoms with Crippen LogP contribution in [-0.2, 0) is 0 Å². The Bertz CT molecular complexity index is 471. The summed E-state index contributed by atoms with van der Waals surface area (Å²) >= 11 is 0. The molecule has 0 amide bonds. The normalized spacial score (nSPS) is 10.5. The number of nitrogen functional groups attached to an aromatic ring is 2. The predicted molar refractivity (Wildman–Crippen MR) is 47.5 cm³/mol. The summed E-state index contributed by atoms with van der Waals surface area (Å²) in [6.07, 6.45) is 2.41. The summed E-state index contributed by atoms with van der Waals surface area (Å²) in [4.78, 5) is 7.72. The van der Waals surface area contributed by atoms with Crippen molar-refractivity contribution < 1.29 is 0 Å². The van der Waals surface area contributed by atoms with Gasteiger partial charge in [0.15, 0.2) is 5.65 Å². The molecule has 13 heavy (non-hydrogen) atoms. The Morgan fingerprint density at radius 1 is 1.46 bits per heavy atom. The van der Waals surface area contributed by atoms with Gasteiger partial charge < -0.3 is 16.9 Å². The van der Waals surface area contributed by atoms with E-state index in [-0.39, 0.29) is 11.8 Å². The average molecular weight is 177 g/mol. The third-order valence-corrected chi connectivity index (χ3v) is 1.66. The lowest BCUT2D eigenvalue weighted by Gasteiger charge is -2.02. The lowest BCUT2D eigenvalue weighted by Crippen LogP contribution is -2.08. The van der Waals surface area contributed by atoms with Crippen molar-refractivity contribution in [3.63, 3.8) is 0 Å². The summed E-state index contributed by atoms with van der Waals surface area (Å²) < 4.78 is 1.33. The van der Waals surface area contributed by atoms with Crippen molar-refractivity contribution in [1.82, 2.24) is 19.6 Å². The molecule has 0 spiro atoms. The highest BCUT2D eigenvalue weighted by atomic mass is 15.3. The van der Waals surface area contributed by atoms with Crippen LogP contribution in [0.1, 0.15) is 5.56 Å². The highest BCUT2D eigenvalue weighted by molar-refractivity contribution is 5.91. The molecule has 7 nitrogen and oxygen atoms in total. The zero-order valence-electron chi connectivity index (χ0n) is 6.60. The van der Waals surface area contributed by atoms with Gasteiger partial charge >= 0.3 is 0 Å². The summed E-state index contributed by atoms with van der Waals surface area (Å²) in [6.45, 7) is 0. The van der Waals surface area contributed by atoms with Crippen molar-refractivity contribution in [2.45, 2.75) is 0 Å². The minimum absolute atomic E-state index is 0.163. The summed E-state index contributed by atoms with van der Waals surface area (Å²) in [5.41, 5.74) is 11.9. The van der Waals surface area contributed by atoms with Crippen LogP contribution in [0.25, 0.3) is 5.65 Å². The van der Waals surface area contributed by atoms with Gasteiger partial charge in [0.25, 0.3) is 0 Å². The van der Waals surface area contributed by atoms with E-state index < -0.39 is 0 Å². The first kappa shape index (κ1) is 7.47. The number of anilines is 2. The molecule has 0 aliphatic carbocycles. The van der Waals surface area contributed by atoms with Crippen LogP contribution in [0, 0.1) is 5.41 Å². The first-order valence-corrected chi connectivity index (χ1v) is 3.49. The highest BCUT2D eigenvalue weighted by Crippen LogP contribution is 2.13. The molecular weight excluding hydrogens is 170 g/mol. The molecule has 2 heterocycles. The fourth-order valence-corrected chi connectivity index (χ4v) is 1.08. The van der Waals surface area contributed by atoms with Gasteiger partial charge in [-0.2, -0.15) is 14.6 Å². The first-order chi connectivity index (χ1) is 6.24. The smallest absolute Gasteiger partial charge is 0.225 e. The van der Waals surface area contributed by atoms with Crippen molar-refractivity contribution in [3.05, 3.63) is 11.9 Å². The van der Waals surface area contributed by atoms with E-state index in [0.29, 0.717) is 11.2 Å². The molecule has 0 aromatic carbocycles. The Balaban J connectivity index is 2.96. The Morgan fingerprint density at radius 3 is 2.92 bits per heavy atom. The molecule has 2 rings (SSSR count). The molecule has 0 radical (unpaired) electrons. The number of aromatic nitrogens is 4. The van der Waals surface area contributed by atoms with Gasteiger partial charge in [0.1, 0.15) is 12.1 Å². The van der Waals surface area contributed by atoms with Gasteiger partial charge in [0.05, 0.1) is 5.56 Å². The zero-order valence-corrected chi connectivity index (χ0v) is 6.60. The second-order valence-corrected chi connectivity index (χ2v) is 2.41. The molecule has 0 unspecified atom stereocenters. The van der Waals surface area contributed by atoms with E-state index in [1.54, 1.807) is 0 Å². The van der Waals surface area contributed by atoms with Crippen molar-refractivity contribution in [3.8, 4) is 0 Å². The molecule has 0 saturated heterocycles. The van der Waals surface area contributed by atoms with Gasteiger partial charge in [0.2, 0.25) is 5.95 Å². The van der Waals surface area contributed by atoms with E-state index in [9.17, 15) is 0 Å². The zero-order chi connectivity index (χ0) is 9.42. The largest absolute Gasteiger partial charge is 0.383 e. The molecule has 0 bridgehead atoms. The standard InChI is InChI=1S/C6H7N7/c7-1-3-4(8)12-6(9)13-5(3)10-2-11-13/h1-2,7H,8H2,(H2,9,12). The maximum absolute atomic E-state index is 7.11. The van der Waals surface area contributed by atoms with Gasteiger partial charge in [0, 0.05) is 6.21 Å². The van der Waals surface area contributed by atoms with Crippen LogP contribution < -0.4 is 11.5 Å². The van der Waals surface area contributed by atoms with E-state index in [1.165, 1.54) is 10.8 Å². The van der Waals surface area contributed by atoms with Crippen molar-refractivity contribution in [2.24, 2.45) is 0 Å². The number of nitrogens with one attached hydrogen (secondary N) is 1. The second kappa shape index (κ2) is 2.41. The first-order valence-electron chi connectivity index (χ1n) is 3.49. The lowest BCUT2D eigenvalue weighted by atomic mass is 10.3. The fraction of sp³-hybridized carbons (Fsp3) is 0. The topological polar surface area (TPSA) is 119 Å². The summed E-state index contributed by atoms with van der Waals surface area (Å²) in [5.74, 6) is 0.351. The molecule has 7 heteroatoms. The number of nitrogens with two attached hydrogens (primary N) is 2. The minimum Gasteiger partial charge on any atom is -0.383 e. The summed E-state index contributed by atoms with van der Waals surface area (Å²) in [7, 11) is 0. The molecule has 2 aromatic heterocycles. The Kier molecular flexibility index (Phi) is 1.38. The molecule has 0 fully saturated rings. The Hall–Kier alpha value is -2.18. The number of rotatable bonds is 1. The Morgan fingerprint density at radius 2 is 2.23 bits per heavy atom. The van der Waals surface area contributed by atoms with Crippen LogP contribution >= 0.6 is 0 Å². The SMILES string of the molecule is N=Cc1c(N)nc(N)n2ncnc12. The van der Waals surface area contributed by atoms with Gasteiger partial charge in [-0.05, 0) is 0 Å². The summed E-state index contributed by atoms with van der Waals surface area (Å²) in [6, 6.07) is 0. The third-order valence-electron chi connectivity index (χ3n) is 1.66. The highest BCUT2D eigenvalue weighted by Gasteiger charge is 2.09. The third kappa shape index (κ3) is 0.901. The molecule has 0 atom stereocenters. The van der Waals surface area contributed by atoms with Gasteiger partial charge in [-0.25, -0.2) is 4.98 Å². The predicted octanol–water partition coefficient (Wildman–Crippen LogP) is -0.714. The molecule has 66 valence electrons. The van der Waals surface area contributed by atoms with Crippen LogP contribution in [0.2, 0.25) is 0 Å². The van der Waals surface area contributed by atoms with Crippen molar-refractivity contribution in [2.75, 3.05) is 11.5 Å². The molecular formula is C6H7N7. The Labute approximate surface area is 72.9 Å². The molecule has 2 aromatic rings. The van der Waals surface area contributed by atoms with Crippen LogP contribution in [0.15, 0.2) is 6.33 Å². The number of hydrogen-bond acceptors (Lipinski definition) is 6. The van der Waals surface area contributed by atoms with E-state index in [1.807, 2.05) is 0 Å². The van der Waals surface area contributed by atoms with Crippen molar-refractivity contribution in [1.29, 1.82) is 5.41 Å². The monoisotopic (exact) mass is 177 g/mol. The van der Waals surface area contributed by atoms with E-state index in [4.69, 9.17) is 16.9 Å². The molecule has 0 aliphatic rings. The van der Waals surface area contributed by atoms with Crippen LogP contribution in [0.5, 0.6) is 0 Å². The second-order valence-electron chi connectivity index (χ2n) is 2.41. The van der Waals surface area contributed by atoms with E-state index in [2.05, 4.69) is 15.1 Å². The van der Waals surface area contributed by atoms with Gasteiger partial charge in [-0.3, -0.25) is 0 Å². The lowest BCUT2D eigenvalue weighted by molar-refractivity contribution is 0.940. The average Bonchev–Trinajstić information content (AvgIpc) is 2.53. The van der Waals surface area contributed by atoms with Gasteiger partial charge in [-0.1, -0.05) is 0 Å². The number of fused-ring (bicyclic) bond motifs is 1. The fourth-order valence-electron chi connectivity index (χ4n) is 1.08. The minimum atomic E-state index is 0.163. The van der Waals surface area contributed by atoms with Crippen molar-refractivity contribution >= 4 is 23.6 Å². The van der Waals surface area contributed by atoms with Crippen LogP contribution in [-0.4, -0.2) is 25.8 Å². The molecule has 0 aliphatic heterocycles. The molecule has 0 saturated carbocycles. The maximum atomic E-state index is 7.11. The van der Waals surface area contributed by atoms with Crippen LogP contribution in [0.3, 0.4) is 0 Å². The molecule has 5 N–H and O–H groups in total. The quantitative estimate of drug-likeness (QED) is 0.497. The summed E-state index contributed by atoms with van der Waals surface area (Å²) in [5, 5.41) is 10.9. The van der Waals surface area contributed by atoms with Gasteiger partial charge in [-0.15, -0.1) is 0 Å². The van der Waals surface area contributed by atoms with E-state index in [0.717, 1.165) is 6.21 Å². The number of nitrogens with zero attached hydrogens (tertiary/aromatic N) is 4.